The van der Waals surface area contributed by atoms with Crippen LogP contribution in [0.1, 0.15) is 27.7 Å². The van der Waals surface area contributed by atoms with Crippen LogP contribution in [0, 0.1) is 5.41 Å². The summed E-state index contributed by atoms with van der Waals surface area (Å²) in [5, 5.41) is 3.31. The molecule has 4 heteroatoms. The van der Waals surface area contributed by atoms with Crippen LogP contribution in [0.25, 0.3) is 0 Å². The Kier molecular flexibility index (Phi) is 4.95. The SMILES string of the molecule is CC(C(=O)N(C)CC(C)(C)C)N1CCNCC1. The van der Waals surface area contributed by atoms with Crippen LogP contribution in [0.15, 0.2) is 0 Å². The molecule has 4 nitrogen and oxygen atoms in total. The molecular weight excluding hydrogens is 214 g/mol. The van der Waals surface area contributed by atoms with Gasteiger partial charge in [0.15, 0.2) is 0 Å². The maximum atomic E-state index is 12.3. The first-order valence-corrected chi connectivity index (χ1v) is 6.51. The third kappa shape index (κ3) is 4.64. The molecule has 1 aliphatic rings. The fourth-order valence-electron chi connectivity index (χ4n) is 2.33. The van der Waals surface area contributed by atoms with Crippen LogP contribution in [0.4, 0.5) is 0 Å². The highest BCUT2D eigenvalue weighted by Crippen LogP contribution is 2.15. The van der Waals surface area contributed by atoms with Crippen molar-refractivity contribution in [3.63, 3.8) is 0 Å². The molecule has 0 bridgehead atoms. The molecule has 0 aromatic heterocycles. The number of carbonyl (C=O) groups is 1. The summed E-state index contributed by atoms with van der Waals surface area (Å²) in [7, 11) is 1.91. The lowest BCUT2D eigenvalue weighted by Gasteiger charge is -2.35. The van der Waals surface area contributed by atoms with Crippen molar-refractivity contribution in [2.45, 2.75) is 33.7 Å². The summed E-state index contributed by atoms with van der Waals surface area (Å²) >= 11 is 0. The summed E-state index contributed by atoms with van der Waals surface area (Å²) in [5.74, 6) is 0.238. The number of hydrogen-bond donors (Lipinski definition) is 1. The third-order valence-corrected chi connectivity index (χ3v) is 3.14. The van der Waals surface area contributed by atoms with Crippen molar-refractivity contribution in [1.29, 1.82) is 0 Å². The highest BCUT2D eigenvalue weighted by Gasteiger charge is 2.27. The van der Waals surface area contributed by atoms with Crippen molar-refractivity contribution in [3.05, 3.63) is 0 Å². The van der Waals surface area contributed by atoms with Crippen molar-refractivity contribution in [2.24, 2.45) is 5.41 Å². The highest BCUT2D eigenvalue weighted by atomic mass is 16.2. The van der Waals surface area contributed by atoms with Crippen molar-refractivity contribution in [1.82, 2.24) is 15.1 Å². The van der Waals surface area contributed by atoms with E-state index in [1.807, 2.05) is 18.9 Å². The Bertz CT molecular complexity index is 254. The van der Waals surface area contributed by atoms with Gasteiger partial charge in [0.25, 0.3) is 0 Å². The minimum atomic E-state index is 0.00412. The lowest BCUT2D eigenvalue weighted by atomic mass is 9.96. The summed E-state index contributed by atoms with van der Waals surface area (Å²) in [4.78, 5) is 16.4. The number of rotatable bonds is 3. The van der Waals surface area contributed by atoms with Gasteiger partial charge in [0.1, 0.15) is 0 Å². The predicted molar refractivity (Wildman–Crippen MR) is 71.0 cm³/mol. The lowest BCUT2D eigenvalue weighted by Crippen LogP contribution is -2.53. The molecule has 1 amide bonds. The van der Waals surface area contributed by atoms with Crippen LogP contribution < -0.4 is 5.32 Å². The fourth-order valence-corrected chi connectivity index (χ4v) is 2.33. The van der Waals surface area contributed by atoms with Gasteiger partial charge in [0.2, 0.25) is 5.91 Å². The van der Waals surface area contributed by atoms with E-state index < -0.39 is 0 Å². The van der Waals surface area contributed by atoms with Crippen molar-refractivity contribution >= 4 is 5.91 Å². The average Bonchev–Trinajstić information content (AvgIpc) is 2.26. The Labute approximate surface area is 105 Å². The van der Waals surface area contributed by atoms with Crippen molar-refractivity contribution < 1.29 is 4.79 Å². The van der Waals surface area contributed by atoms with E-state index in [0.717, 1.165) is 32.7 Å². The van der Waals surface area contributed by atoms with E-state index in [4.69, 9.17) is 0 Å². The number of amides is 1. The van der Waals surface area contributed by atoms with E-state index in [9.17, 15) is 4.79 Å². The van der Waals surface area contributed by atoms with Gasteiger partial charge >= 0.3 is 0 Å². The first kappa shape index (κ1) is 14.5. The standard InChI is InChI=1S/C13H27N3O/c1-11(16-8-6-14-7-9-16)12(17)15(5)10-13(2,3)4/h11,14H,6-10H2,1-5H3. The molecule has 0 aromatic rings. The zero-order chi connectivity index (χ0) is 13.1. The fraction of sp³-hybridized carbons (Fsp3) is 0.923. The van der Waals surface area contributed by atoms with E-state index >= 15 is 0 Å². The Morgan fingerprint density at radius 3 is 2.35 bits per heavy atom. The monoisotopic (exact) mass is 241 g/mol. The average molecular weight is 241 g/mol. The molecule has 0 aromatic carbocycles. The molecule has 1 fully saturated rings. The third-order valence-electron chi connectivity index (χ3n) is 3.14. The smallest absolute Gasteiger partial charge is 0.239 e. The number of likely N-dealkylation sites (N-methyl/N-ethyl adjacent to an activating group) is 1. The lowest BCUT2D eigenvalue weighted by molar-refractivity contribution is -0.136. The van der Waals surface area contributed by atoms with Gasteiger partial charge in [0.05, 0.1) is 6.04 Å². The van der Waals surface area contributed by atoms with Gasteiger partial charge in [-0.1, -0.05) is 20.8 Å². The Balaban J connectivity index is 2.50. The summed E-state index contributed by atoms with van der Waals surface area (Å²) < 4.78 is 0. The van der Waals surface area contributed by atoms with E-state index in [2.05, 4.69) is 31.0 Å². The van der Waals surface area contributed by atoms with Gasteiger partial charge in [-0.25, -0.2) is 0 Å². The molecule has 1 aliphatic heterocycles. The number of nitrogens with one attached hydrogen (secondary N) is 1. The van der Waals surface area contributed by atoms with Gasteiger partial charge in [-0.2, -0.15) is 0 Å². The Morgan fingerprint density at radius 1 is 1.35 bits per heavy atom. The minimum absolute atomic E-state index is 0.00412. The summed E-state index contributed by atoms with van der Waals surface area (Å²) in [5.41, 5.74) is 0.160. The summed E-state index contributed by atoms with van der Waals surface area (Å²) in [6.45, 7) is 13.2. The largest absolute Gasteiger partial charge is 0.344 e. The van der Waals surface area contributed by atoms with Gasteiger partial charge < -0.3 is 10.2 Å². The van der Waals surface area contributed by atoms with E-state index in [1.54, 1.807) is 0 Å². The first-order valence-electron chi connectivity index (χ1n) is 6.51. The molecule has 1 rings (SSSR count). The van der Waals surface area contributed by atoms with Crippen LogP contribution in [0.3, 0.4) is 0 Å². The highest BCUT2D eigenvalue weighted by molar-refractivity contribution is 5.81. The predicted octanol–water partition coefficient (Wildman–Crippen LogP) is 0.785. The molecule has 17 heavy (non-hydrogen) atoms. The van der Waals surface area contributed by atoms with E-state index in [0.29, 0.717) is 0 Å². The second kappa shape index (κ2) is 5.83. The first-order chi connectivity index (χ1) is 7.81. The molecule has 0 aliphatic carbocycles. The Hall–Kier alpha value is -0.610. The maximum absolute atomic E-state index is 12.3. The summed E-state index contributed by atoms with van der Waals surface area (Å²) in [6, 6.07) is 0.00412. The van der Waals surface area contributed by atoms with Crippen LogP contribution >= 0.6 is 0 Å². The zero-order valence-corrected chi connectivity index (χ0v) is 11.9. The number of piperazine rings is 1. The molecule has 0 spiro atoms. The van der Waals surface area contributed by atoms with Crippen LogP contribution in [-0.4, -0.2) is 61.5 Å². The Morgan fingerprint density at radius 2 is 1.88 bits per heavy atom. The molecule has 1 atom stereocenters. The second-order valence-corrected chi connectivity index (χ2v) is 6.22. The van der Waals surface area contributed by atoms with E-state index in [-0.39, 0.29) is 17.4 Å². The molecule has 1 saturated heterocycles. The molecule has 0 saturated carbocycles. The minimum Gasteiger partial charge on any atom is -0.344 e. The quantitative estimate of drug-likeness (QED) is 0.793. The summed E-state index contributed by atoms with van der Waals surface area (Å²) in [6.07, 6.45) is 0. The molecule has 1 heterocycles. The molecular formula is C13H27N3O. The van der Waals surface area contributed by atoms with Crippen LogP contribution in [-0.2, 0) is 4.79 Å². The number of nitrogens with zero attached hydrogens (tertiary/aromatic N) is 2. The molecule has 1 N–H and O–H groups in total. The maximum Gasteiger partial charge on any atom is 0.239 e. The second-order valence-electron chi connectivity index (χ2n) is 6.22. The molecule has 1 unspecified atom stereocenters. The van der Waals surface area contributed by atoms with Crippen LogP contribution in [0.5, 0.6) is 0 Å². The zero-order valence-electron chi connectivity index (χ0n) is 11.9. The van der Waals surface area contributed by atoms with Crippen LogP contribution in [0.2, 0.25) is 0 Å². The normalized spacial score (nSPS) is 20.1. The molecule has 0 radical (unpaired) electrons. The number of hydrogen-bond acceptors (Lipinski definition) is 3. The van der Waals surface area contributed by atoms with Crippen molar-refractivity contribution in [2.75, 3.05) is 39.8 Å². The van der Waals surface area contributed by atoms with Crippen molar-refractivity contribution in [3.8, 4) is 0 Å². The van der Waals surface area contributed by atoms with Gasteiger partial charge in [-0.15, -0.1) is 0 Å². The van der Waals surface area contributed by atoms with Gasteiger partial charge in [0, 0.05) is 39.8 Å². The van der Waals surface area contributed by atoms with E-state index in [1.165, 1.54) is 0 Å². The molecule has 100 valence electrons. The van der Waals surface area contributed by atoms with Gasteiger partial charge in [-0.05, 0) is 12.3 Å². The van der Waals surface area contributed by atoms with Gasteiger partial charge in [-0.3, -0.25) is 9.69 Å². The topological polar surface area (TPSA) is 35.6 Å². The number of carbonyl (C=O) groups excluding carboxylic acids is 1.